The molecule has 0 atom stereocenters. The summed E-state index contributed by atoms with van der Waals surface area (Å²) in [4.78, 5) is 0.383. The molecule has 86 valence electrons. The van der Waals surface area contributed by atoms with Crippen LogP contribution in [0.4, 0.5) is 0 Å². The minimum Gasteiger partial charge on any atom is -0.493 e. The second kappa shape index (κ2) is 5.15. The van der Waals surface area contributed by atoms with Crippen molar-refractivity contribution in [3.05, 3.63) is 28.2 Å². The third kappa shape index (κ3) is 3.19. The molecule has 0 heterocycles. The van der Waals surface area contributed by atoms with E-state index in [1.165, 1.54) is 12.8 Å². The van der Waals surface area contributed by atoms with Crippen LogP contribution in [0, 0.1) is 5.92 Å². The molecule has 0 amide bonds. The molecule has 2 nitrogen and oxygen atoms in total. The van der Waals surface area contributed by atoms with Gasteiger partial charge in [-0.25, -0.2) is 0 Å². The van der Waals surface area contributed by atoms with E-state index in [2.05, 4.69) is 15.9 Å². The molecule has 0 saturated heterocycles. The van der Waals surface area contributed by atoms with E-state index in [-0.39, 0.29) is 0 Å². The summed E-state index contributed by atoms with van der Waals surface area (Å²) in [7, 11) is 0. The van der Waals surface area contributed by atoms with E-state index in [0.29, 0.717) is 4.99 Å². The first-order valence-corrected chi connectivity index (χ1v) is 6.59. The number of thiocarbonyl (C=S) groups is 1. The van der Waals surface area contributed by atoms with E-state index in [0.717, 1.165) is 34.7 Å². The maximum atomic E-state index is 5.73. The summed E-state index contributed by atoms with van der Waals surface area (Å²) in [6.45, 7) is 0.747. The van der Waals surface area contributed by atoms with Gasteiger partial charge >= 0.3 is 0 Å². The van der Waals surface area contributed by atoms with Crippen molar-refractivity contribution in [1.29, 1.82) is 0 Å². The molecule has 1 fully saturated rings. The lowest BCUT2D eigenvalue weighted by Crippen LogP contribution is -2.12. The van der Waals surface area contributed by atoms with Gasteiger partial charge in [0, 0.05) is 4.47 Å². The summed E-state index contributed by atoms with van der Waals surface area (Å²) in [6, 6.07) is 5.72. The number of ether oxygens (including phenoxy) is 1. The lowest BCUT2D eigenvalue weighted by Gasteiger charge is -2.10. The van der Waals surface area contributed by atoms with Crippen LogP contribution >= 0.6 is 28.1 Å². The van der Waals surface area contributed by atoms with Crippen LogP contribution in [0.3, 0.4) is 0 Å². The Hall–Kier alpha value is -0.610. The summed E-state index contributed by atoms with van der Waals surface area (Å²) >= 11 is 8.40. The molecule has 1 aromatic rings. The van der Waals surface area contributed by atoms with Crippen molar-refractivity contribution >= 4 is 33.1 Å². The molecule has 1 aliphatic rings. The largest absolute Gasteiger partial charge is 0.493 e. The van der Waals surface area contributed by atoms with Crippen molar-refractivity contribution in [2.75, 3.05) is 6.61 Å². The molecule has 0 unspecified atom stereocenters. The van der Waals surface area contributed by atoms with Gasteiger partial charge in [0.1, 0.15) is 10.7 Å². The molecule has 0 radical (unpaired) electrons. The van der Waals surface area contributed by atoms with Gasteiger partial charge in [0.2, 0.25) is 0 Å². The first-order chi connectivity index (χ1) is 7.66. The fourth-order valence-corrected chi connectivity index (χ4v) is 2.07. The maximum absolute atomic E-state index is 5.73. The number of rotatable bonds is 5. The van der Waals surface area contributed by atoms with Crippen LogP contribution in [0.5, 0.6) is 5.75 Å². The third-order valence-electron chi connectivity index (χ3n) is 2.69. The molecule has 0 aliphatic heterocycles. The number of halogens is 1. The fourth-order valence-electron chi connectivity index (χ4n) is 1.56. The molecule has 1 saturated carbocycles. The van der Waals surface area contributed by atoms with Crippen LogP contribution in [0.1, 0.15) is 24.8 Å². The van der Waals surface area contributed by atoms with Crippen molar-refractivity contribution < 1.29 is 4.74 Å². The first-order valence-electron chi connectivity index (χ1n) is 5.39. The summed E-state index contributed by atoms with van der Waals surface area (Å²) in [6.07, 6.45) is 3.83. The van der Waals surface area contributed by atoms with Crippen molar-refractivity contribution in [3.63, 3.8) is 0 Å². The van der Waals surface area contributed by atoms with Crippen LogP contribution in [-0.4, -0.2) is 11.6 Å². The zero-order chi connectivity index (χ0) is 11.5. The normalized spacial score (nSPS) is 14.8. The highest BCUT2D eigenvalue weighted by molar-refractivity contribution is 9.10. The Bertz CT molecular complexity index is 404. The van der Waals surface area contributed by atoms with Crippen molar-refractivity contribution in [2.45, 2.75) is 19.3 Å². The summed E-state index contributed by atoms with van der Waals surface area (Å²) in [5, 5.41) is 0. The van der Waals surface area contributed by atoms with Gasteiger partial charge in [0.05, 0.1) is 12.2 Å². The molecular weight excluding hydrogens is 286 g/mol. The number of hydrogen-bond acceptors (Lipinski definition) is 2. The predicted molar refractivity (Wildman–Crippen MR) is 72.9 cm³/mol. The van der Waals surface area contributed by atoms with Crippen LogP contribution in [0.25, 0.3) is 0 Å². The molecule has 4 heteroatoms. The lowest BCUT2D eigenvalue weighted by atomic mass is 10.2. The highest BCUT2D eigenvalue weighted by Crippen LogP contribution is 2.32. The van der Waals surface area contributed by atoms with Gasteiger partial charge in [-0.05, 0) is 30.5 Å². The fraction of sp³-hybridized carbons (Fsp3) is 0.417. The van der Waals surface area contributed by atoms with Gasteiger partial charge in [-0.3, -0.25) is 0 Å². The zero-order valence-corrected chi connectivity index (χ0v) is 11.3. The second-order valence-corrected chi connectivity index (χ2v) is 5.44. The smallest absolute Gasteiger partial charge is 0.130 e. The molecule has 0 bridgehead atoms. The van der Waals surface area contributed by atoms with E-state index in [9.17, 15) is 0 Å². The minimum absolute atomic E-state index is 0.383. The van der Waals surface area contributed by atoms with Crippen molar-refractivity contribution in [3.8, 4) is 5.75 Å². The second-order valence-electron chi connectivity index (χ2n) is 4.09. The minimum atomic E-state index is 0.383. The Morgan fingerprint density at radius 3 is 2.88 bits per heavy atom. The van der Waals surface area contributed by atoms with Gasteiger partial charge in [0.25, 0.3) is 0 Å². The molecule has 1 aromatic carbocycles. The highest BCUT2D eigenvalue weighted by Gasteiger charge is 2.21. The van der Waals surface area contributed by atoms with Crippen LogP contribution in [0.2, 0.25) is 0 Å². The van der Waals surface area contributed by atoms with E-state index < -0.39 is 0 Å². The Morgan fingerprint density at radius 2 is 2.25 bits per heavy atom. The molecule has 0 spiro atoms. The average Bonchev–Trinajstić information content (AvgIpc) is 3.01. The maximum Gasteiger partial charge on any atom is 0.130 e. The SMILES string of the molecule is NC(=S)c1ccc(Br)cc1OCCC1CC1. The third-order valence-corrected chi connectivity index (χ3v) is 3.40. The molecule has 16 heavy (non-hydrogen) atoms. The van der Waals surface area contributed by atoms with Crippen LogP contribution in [0.15, 0.2) is 22.7 Å². The Balaban J connectivity index is 2.03. The average molecular weight is 300 g/mol. The number of nitrogens with two attached hydrogens (primary N) is 1. The Labute approximate surface area is 109 Å². The van der Waals surface area contributed by atoms with Crippen LogP contribution < -0.4 is 10.5 Å². The van der Waals surface area contributed by atoms with Crippen LogP contribution in [-0.2, 0) is 0 Å². The Morgan fingerprint density at radius 1 is 1.50 bits per heavy atom. The van der Waals surface area contributed by atoms with Crippen molar-refractivity contribution in [2.24, 2.45) is 11.7 Å². The first kappa shape index (κ1) is 11.9. The van der Waals surface area contributed by atoms with E-state index in [4.69, 9.17) is 22.7 Å². The van der Waals surface area contributed by atoms with Gasteiger partial charge in [-0.1, -0.05) is 41.0 Å². The Kier molecular flexibility index (Phi) is 3.82. The van der Waals surface area contributed by atoms with Crippen molar-refractivity contribution in [1.82, 2.24) is 0 Å². The number of benzene rings is 1. The van der Waals surface area contributed by atoms with E-state index in [1.807, 2.05) is 18.2 Å². The zero-order valence-electron chi connectivity index (χ0n) is 8.91. The highest BCUT2D eigenvalue weighted by atomic mass is 79.9. The molecule has 2 rings (SSSR count). The summed E-state index contributed by atoms with van der Waals surface area (Å²) in [5.41, 5.74) is 6.46. The molecule has 0 aromatic heterocycles. The standard InChI is InChI=1S/C12H14BrNOS/c13-9-3-4-10(12(14)16)11(7-9)15-6-5-8-1-2-8/h3-4,7-8H,1-2,5-6H2,(H2,14,16). The van der Waals surface area contributed by atoms with Gasteiger partial charge in [0.15, 0.2) is 0 Å². The number of hydrogen-bond donors (Lipinski definition) is 1. The summed E-state index contributed by atoms with van der Waals surface area (Å²) < 4.78 is 6.71. The topological polar surface area (TPSA) is 35.2 Å². The van der Waals surface area contributed by atoms with Gasteiger partial charge < -0.3 is 10.5 Å². The van der Waals surface area contributed by atoms with E-state index in [1.54, 1.807) is 0 Å². The molecule has 1 aliphatic carbocycles. The van der Waals surface area contributed by atoms with Gasteiger partial charge in [-0.2, -0.15) is 0 Å². The quantitative estimate of drug-likeness (QED) is 0.848. The predicted octanol–water partition coefficient (Wildman–Crippen LogP) is 3.26. The monoisotopic (exact) mass is 299 g/mol. The molecule has 2 N–H and O–H groups in total. The van der Waals surface area contributed by atoms with Gasteiger partial charge in [-0.15, -0.1) is 0 Å². The summed E-state index contributed by atoms with van der Waals surface area (Å²) in [5.74, 6) is 1.66. The molecular formula is C12H14BrNOS. The van der Waals surface area contributed by atoms with E-state index >= 15 is 0 Å². The lowest BCUT2D eigenvalue weighted by molar-refractivity contribution is 0.302.